The SMILES string of the molecule is CC(C)(O)O.O=CC1CCC(n2ncc3c(NCc4ccccc4Cl)nc(Cl)nc32)O1. The number of aliphatic hydroxyl groups is 2. The first kappa shape index (κ1) is 23.4. The summed E-state index contributed by atoms with van der Waals surface area (Å²) in [5, 5.41) is 25.3. The van der Waals surface area contributed by atoms with Gasteiger partial charge in [-0.3, -0.25) is 0 Å². The Kier molecular flexibility index (Phi) is 7.45. The molecule has 31 heavy (non-hydrogen) atoms. The number of halogens is 2. The Hall–Kier alpha value is -2.30. The van der Waals surface area contributed by atoms with E-state index < -0.39 is 11.9 Å². The third-order valence-electron chi connectivity index (χ3n) is 4.29. The number of anilines is 1. The summed E-state index contributed by atoms with van der Waals surface area (Å²) < 4.78 is 7.32. The van der Waals surface area contributed by atoms with Crippen LogP contribution in [0, 0.1) is 0 Å². The topological polar surface area (TPSA) is 122 Å². The maximum absolute atomic E-state index is 10.9. The highest BCUT2D eigenvalue weighted by Crippen LogP contribution is 2.31. The Morgan fingerprint density at radius 3 is 2.61 bits per heavy atom. The van der Waals surface area contributed by atoms with Crippen molar-refractivity contribution in [2.24, 2.45) is 0 Å². The molecule has 0 saturated carbocycles. The van der Waals surface area contributed by atoms with Crippen LogP contribution in [0.2, 0.25) is 10.3 Å². The summed E-state index contributed by atoms with van der Waals surface area (Å²) in [6.45, 7) is 3.08. The molecule has 166 valence electrons. The van der Waals surface area contributed by atoms with Crippen LogP contribution in [0.25, 0.3) is 11.0 Å². The van der Waals surface area contributed by atoms with E-state index in [2.05, 4.69) is 20.4 Å². The number of aromatic nitrogens is 4. The minimum Gasteiger partial charge on any atom is -0.366 e. The fourth-order valence-electron chi connectivity index (χ4n) is 2.99. The monoisotopic (exact) mass is 467 g/mol. The summed E-state index contributed by atoms with van der Waals surface area (Å²) in [5.74, 6) is -0.934. The lowest BCUT2D eigenvalue weighted by atomic mass is 10.2. The van der Waals surface area contributed by atoms with Gasteiger partial charge in [0.25, 0.3) is 0 Å². The molecular formula is C20H23Cl2N5O4. The molecule has 1 aromatic carbocycles. The number of aldehydes is 1. The number of fused-ring (bicyclic) bond motifs is 1. The fraction of sp³-hybridized carbons (Fsp3) is 0.400. The first-order valence-corrected chi connectivity index (χ1v) is 10.3. The summed E-state index contributed by atoms with van der Waals surface area (Å²) in [7, 11) is 0. The smallest absolute Gasteiger partial charge is 0.226 e. The summed E-state index contributed by atoms with van der Waals surface area (Å²) >= 11 is 12.3. The van der Waals surface area contributed by atoms with Crippen molar-refractivity contribution in [2.45, 2.75) is 51.4 Å². The first-order chi connectivity index (χ1) is 14.7. The number of carbonyl (C=O) groups is 1. The van der Waals surface area contributed by atoms with Crippen molar-refractivity contribution in [1.82, 2.24) is 19.7 Å². The van der Waals surface area contributed by atoms with E-state index in [1.807, 2.05) is 24.3 Å². The number of carbonyl (C=O) groups excluding carboxylic acids is 1. The molecule has 2 unspecified atom stereocenters. The molecule has 3 aromatic rings. The van der Waals surface area contributed by atoms with E-state index in [0.29, 0.717) is 35.9 Å². The van der Waals surface area contributed by atoms with Gasteiger partial charge in [0.1, 0.15) is 18.2 Å². The predicted molar refractivity (Wildman–Crippen MR) is 117 cm³/mol. The molecule has 0 radical (unpaired) electrons. The molecule has 0 aliphatic carbocycles. The minimum absolute atomic E-state index is 0.103. The van der Waals surface area contributed by atoms with Gasteiger partial charge >= 0.3 is 0 Å². The average Bonchev–Trinajstić information content (AvgIpc) is 3.32. The Bertz CT molecular complexity index is 1050. The molecule has 0 amide bonds. The van der Waals surface area contributed by atoms with E-state index in [4.69, 9.17) is 38.2 Å². The molecule has 2 aromatic heterocycles. The Balaban J connectivity index is 0.000000491. The number of rotatable bonds is 5. The molecule has 1 fully saturated rings. The van der Waals surface area contributed by atoms with Crippen LogP contribution in [0.3, 0.4) is 0 Å². The Morgan fingerprint density at radius 2 is 1.97 bits per heavy atom. The first-order valence-electron chi connectivity index (χ1n) is 9.59. The molecule has 0 bridgehead atoms. The summed E-state index contributed by atoms with van der Waals surface area (Å²) in [6, 6.07) is 7.57. The zero-order chi connectivity index (χ0) is 22.6. The van der Waals surface area contributed by atoms with Crippen LogP contribution in [-0.4, -0.2) is 48.1 Å². The molecule has 9 nitrogen and oxygen atoms in total. The predicted octanol–water partition coefficient (Wildman–Crippen LogP) is 3.33. The van der Waals surface area contributed by atoms with E-state index in [1.54, 1.807) is 10.9 Å². The van der Waals surface area contributed by atoms with Gasteiger partial charge in [0.15, 0.2) is 17.7 Å². The molecule has 3 N–H and O–H groups in total. The van der Waals surface area contributed by atoms with Crippen molar-refractivity contribution in [3.05, 3.63) is 46.3 Å². The standard InChI is InChI=1S/C17H15Cl2N5O2.C3H8O2/c18-13-4-2-1-3-10(13)7-20-15-12-8-21-24(16(12)23-17(19)22-15)14-6-5-11(9-25)26-14;1-3(2,4)5/h1-4,8-9,11,14H,5-7H2,(H,20,22,23);4-5H,1-2H3. The highest BCUT2D eigenvalue weighted by molar-refractivity contribution is 6.31. The average molecular weight is 468 g/mol. The normalized spacial score (nSPS) is 18.5. The van der Waals surface area contributed by atoms with Gasteiger partial charge in [-0.25, -0.2) is 4.68 Å². The lowest BCUT2D eigenvalue weighted by molar-refractivity contribution is -0.127. The van der Waals surface area contributed by atoms with E-state index in [1.165, 1.54) is 13.8 Å². The van der Waals surface area contributed by atoms with Gasteiger partial charge in [0.2, 0.25) is 5.28 Å². The number of ether oxygens (including phenoxy) is 1. The van der Waals surface area contributed by atoms with Gasteiger partial charge in [-0.05, 0) is 49.9 Å². The van der Waals surface area contributed by atoms with Gasteiger partial charge in [-0.15, -0.1) is 0 Å². The van der Waals surface area contributed by atoms with Crippen LogP contribution < -0.4 is 5.32 Å². The van der Waals surface area contributed by atoms with E-state index in [-0.39, 0.29) is 11.5 Å². The molecule has 4 rings (SSSR count). The number of hydrogen-bond donors (Lipinski definition) is 3. The second-order valence-corrected chi connectivity index (χ2v) is 8.19. The van der Waals surface area contributed by atoms with E-state index >= 15 is 0 Å². The quantitative estimate of drug-likeness (QED) is 0.296. The van der Waals surface area contributed by atoms with Gasteiger partial charge in [0, 0.05) is 11.6 Å². The molecular weight excluding hydrogens is 445 g/mol. The number of benzene rings is 1. The maximum Gasteiger partial charge on any atom is 0.226 e. The van der Waals surface area contributed by atoms with Crippen molar-refractivity contribution in [3.63, 3.8) is 0 Å². The summed E-state index contributed by atoms with van der Waals surface area (Å²) in [6.07, 6.45) is 3.07. The number of hydrogen-bond acceptors (Lipinski definition) is 8. The molecule has 1 aliphatic heterocycles. The van der Waals surface area contributed by atoms with E-state index in [0.717, 1.165) is 17.2 Å². The highest BCUT2D eigenvalue weighted by atomic mass is 35.5. The van der Waals surface area contributed by atoms with Crippen LogP contribution in [0.5, 0.6) is 0 Å². The van der Waals surface area contributed by atoms with Crippen LogP contribution in [-0.2, 0) is 16.1 Å². The highest BCUT2D eigenvalue weighted by Gasteiger charge is 2.28. The lowest BCUT2D eigenvalue weighted by Crippen LogP contribution is -2.15. The van der Waals surface area contributed by atoms with Gasteiger partial charge in [-0.1, -0.05) is 29.8 Å². The lowest BCUT2D eigenvalue weighted by Gasteiger charge is -2.12. The minimum atomic E-state index is -1.50. The second-order valence-electron chi connectivity index (χ2n) is 7.45. The summed E-state index contributed by atoms with van der Waals surface area (Å²) in [5.41, 5.74) is 1.50. The van der Waals surface area contributed by atoms with E-state index in [9.17, 15) is 4.79 Å². The van der Waals surface area contributed by atoms with Crippen LogP contribution in [0.15, 0.2) is 30.5 Å². The van der Waals surface area contributed by atoms with Crippen LogP contribution >= 0.6 is 23.2 Å². The van der Waals surface area contributed by atoms with Crippen molar-refractivity contribution in [1.29, 1.82) is 0 Å². The fourth-order valence-corrected chi connectivity index (χ4v) is 3.36. The third kappa shape index (κ3) is 6.34. The van der Waals surface area contributed by atoms with Crippen LogP contribution in [0.1, 0.15) is 38.5 Å². The molecule has 0 spiro atoms. The molecule has 3 heterocycles. The third-order valence-corrected chi connectivity index (χ3v) is 4.82. The zero-order valence-electron chi connectivity index (χ0n) is 17.0. The summed E-state index contributed by atoms with van der Waals surface area (Å²) in [4.78, 5) is 19.5. The number of nitrogens with one attached hydrogen (secondary N) is 1. The second kappa shape index (κ2) is 9.88. The number of nitrogens with zero attached hydrogens (tertiary/aromatic N) is 4. The van der Waals surface area contributed by atoms with Gasteiger partial charge in [-0.2, -0.15) is 15.1 Å². The molecule has 1 saturated heterocycles. The van der Waals surface area contributed by atoms with Gasteiger partial charge < -0.3 is 25.1 Å². The largest absolute Gasteiger partial charge is 0.366 e. The maximum atomic E-state index is 10.9. The van der Waals surface area contributed by atoms with Crippen molar-refractivity contribution in [2.75, 3.05) is 5.32 Å². The van der Waals surface area contributed by atoms with Crippen molar-refractivity contribution < 1.29 is 19.7 Å². The Morgan fingerprint density at radius 1 is 1.26 bits per heavy atom. The Labute approximate surface area is 189 Å². The van der Waals surface area contributed by atoms with Gasteiger partial charge in [0.05, 0.1) is 11.6 Å². The van der Waals surface area contributed by atoms with Crippen molar-refractivity contribution >= 4 is 46.3 Å². The van der Waals surface area contributed by atoms with Crippen LogP contribution in [0.4, 0.5) is 5.82 Å². The molecule has 1 aliphatic rings. The van der Waals surface area contributed by atoms with Crippen molar-refractivity contribution in [3.8, 4) is 0 Å². The molecule has 11 heteroatoms. The molecule has 2 atom stereocenters. The zero-order valence-corrected chi connectivity index (χ0v) is 18.5.